The Balaban J connectivity index is 1.91. The summed E-state index contributed by atoms with van der Waals surface area (Å²) in [5.74, 6) is -0.856. The van der Waals surface area contributed by atoms with Crippen LogP contribution >= 0.6 is 15.9 Å². The molecule has 0 aliphatic carbocycles. The van der Waals surface area contributed by atoms with E-state index in [1.165, 1.54) is 25.3 Å². The van der Waals surface area contributed by atoms with E-state index in [4.69, 9.17) is 4.74 Å². The maximum absolute atomic E-state index is 11.9. The fourth-order valence-electron chi connectivity index (χ4n) is 3.76. The Kier molecular flexibility index (Phi) is 9.61. The minimum atomic E-state index is -0.710. The maximum atomic E-state index is 11.9. The van der Waals surface area contributed by atoms with Gasteiger partial charge in [0.1, 0.15) is 5.69 Å². The van der Waals surface area contributed by atoms with E-state index in [0.717, 1.165) is 21.7 Å². The number of allylic oxidation sites excluding steroid dienone is 1. The molecule has 0 aliphatic heterocycles. The highest BCUT2D eigenvalue weighted by molar-refractivity contribution is 9.10. The number of hydrazone groups is 1. The quantitative estimate of drug-likeness (QED) is 0.0937. The van der Waals surface area contributed by atoms with Crippen LogP contribution in [-0.2, 0) is 9.53 Å². The third kappa shape index (κ3) is 7.55. The van der Waals surface area contributed by atoms with Gasteiger partial charge in [-0.15, -0.1) is 0 Å². The molecule has 10 nitrogen and oxygen atoms in total. The Morgan fingerprint density at radius 3 is 2.35 bits per heavy atom. The average molecular weight is 567 g/mol. The molecule has 0 aliphatic rings. The topological polar surface area (TPSA) is 137 Å². The van der Waals surface area contributed by atoms with Crippen molar-refractivity contribution in [3.8, 4) is 0 Å². The number of hydrogen-bond acceptors (Lipinski definition) is 8. The van der Waals surface area contributed by atoms with Crippen molar-refractivity contribution < 1.29 is 19.4 Å². The van der Waals surface area contributed by atoms with Crippen LogP contribution in [0.2, 0.25) is 0 Å². The van der Waals surface area contributed by atoms with Crippen molar-refractivity contribution in [2.45, 2.75) is 18.3 Å². The highest BCUT2D eigenvalue weighted by atomic mass is 79.9. The SMILES string of the molecule is COC(=O)/C=C/[C@H](c1ccc(Br)cc1)[C@H](C/C=N\Nc1ccc([N+](=O)[O-])cc1[N+](=O)[O-])c1ccccc1. The van der Waals surface area contributed by atoms with Crippen LogP contribution in [-0.4, -0.2) is 29.1 Å². The van der Waals surface area contributed by atoms with E-state index in [9.17, 15) is 25.0 Å². The predicted molar refractivity (Wildman–Crippen MR) is 144 cm³/mol. The zero-order valence-corrected chi connectivity index (χ0v) is 21.3. The molecule has 0 fully saturated rings. The highest BCUT2D eigenvalue weighted by Crippen LogP contribution is 2.37. The number of nitro benzene ring substituents is 2. The summed E-state index contributed by atoms with van der Waals surface area (Å²) in [5, 5.41) is 26.5. The molecular formula is C26H23BrN4O6. The number of nitrogens with one attached hydrogen (secondary N) is 1. The number of methoxy groups -OCH3 is 1. The molecule has 0 saturated heterocycles. The zero-order chi connectivity index (χ0) is 26.8. The molecule has 2 atom stereocenters. The monoisotopic (exact) mass is 566 g/mol. The predicted octanol–water partition coefficient (Wildman–Crippen LogP) is 6.35. The first kappa shape index (κ1) is 27.2. The fourth-order valence-corrected chi connectivity index (χ4v) is 4.03. The first-order valence-corrected chi connectivity index (χ1v) is 11.9. The van der Waals surface area contributed by atoms with Gasteiger partial charge in [-0.25, -0.2) is 4.79 Å². The third-order valence-electron chi connectivity index (χ3n) is 5.58. The minimum Gasteiger partial charge on any atom is -0.466 e. The van der Waals surface area contributed by atoms with Gasteiger partial charge in [-0.1, -0.05) is 64.5 Å². The maximum Gasteiger partial charge on any atom is 0.330 e. The van der Waals surface area contributed by atoms with E-state index in [1.807, 2.05) is 54.6 Å². The van der Waals surface area contributed by atoms with Crippen molar-refractivity contribution in [2.24, 2.45) is 5.10 Å². The molecular weight excluding hydrogens is 544 g/mol. The summed E-state index contributed by atoms with van der Waals surface area (Å²) >= 11 is 3.44. The van der Waals surface area contributed by atoms with Crippen LogP contribution < -0.4 is 5.43 Å². The Labute approximate surface area is 221 Å². The van der Waals surface area contributed by atoms with Crippen molar-refractivity contribution in [1.29, 1.82) is 0 Å². The number of non-ortho nitro benzene ring substituents is 1. The smallest absolute Gasteiger partial charge is 0.330 e. The molecule has 0 radical (unpaired) electrons. The van der Waals surface area contributed by atoms with E-state index in [-0.39, 0.29) is 23.2 Å². The number of rotatable bonds is 11. The summed E-state index contributed by atoms with van der Waals surface area (Å²) in [7, 11) is 1.31. The molecule has 0 spiro atoms. The highest BCUT2D eigenvalue weighted by Gasteiger charge is 2.23. The summed E-state index contributed by atoms with van der Waals surface area (Å²) < 4.78 is 5.69. The van der Waals surface area contributed by atoms with E-state index in [2.05, 4.69) is 26.5 Å². The van der Waals surface area contributed by atoms with Crippen LogP contribution in [0.4, 0.5) is 17.1 Å². The second-order valence-electron chi connectivity index (χ2n) is 7.85. The molecule has 0 saturated carbocycles. The lowest BCUT2D eigenvalue weighted by molar-refractivity contribution is -0.393. The number of halogens is 1. The Morgan fingerprint density at radius 2 is 1.73 bits per heavy atom. The van der Waals surface area contributed by atoms with E-state index < -0.39 is 21.5 Å². The largest absolute Gasteiger partial charge is 0.466 e. The van der Waals surface area contributed by atoms with Crippen LogP contribution in [0.25, 0.3) is 0 Å². The van der Waals surface area contributed by atoms with Gasteiger partial charge in [0.25, 0.3) is 5.69 Å². The molecule has 0 amide bonds. The van der Waals surface area contributed by atoms with Gasteiger partial charge in [-0.2, -0.15) is 5.10 Å². The van der Waals surface area contributed by atoms with Gasteiger partial charge >= 0.3 is 11.7 Å². The molecule has 0 bridgehead atoms. The average Bonchev–Trinajstić information content (AvgIpc) is 2.90. The molecule has 37 heavy (non-hydrogen) atoms. The lowest BCUT2D eigenvalue weighted by Crippen LogP contribution is -2.12. The van der Waals surface area contributed by atoms with Crippen LogP contribution in [0, 0.1) is 20.2 Å². The number of ether oxygens (including phenoxy) is 1. The van der Waals surface area contributed by atoms with Gasteiger partial charge in [0.15, 0.2) is 0 Å². The Morgan fingerprint density at radius 1 is 1.03 bits per heavy atom. The standard InChI is InChI=1S/C26H23BrN4O6/c1-37-26(32)14-12-22(19-7-9-20(27)10-8-19)23(18-5-3-2-4-6-18)15-16-28-29-24-13-11-21(30(33)34)17-25(24)31(35)36/h2-14,16-17,22-23,29H,15H2,1H3/b14-12+,28-16-/t22-,23-/m1/s1. The molecule has 0 aromatic heterocycles. The number of carbonyl (C=O) groups is 1. The van der Waals surface area contributed by atoms with Gasteiger partial charge in [-0.3, -0.25) is 25.7 Å². The summed E-state index contributed by atoms with van der Waals surface area (Å²) in [4.78, 5) is 32.8. The van der Waals surface area contributed by atoms with E-state index in [1.54, 1.807) is 12.3 Å². The fraction of sp³-hybridized carbons (Fsp3) is 0.154. The molecule has 3 aromatic carbocycles. The molecule has 1 N–H and O–H groups in total. The Hall–Kier alpha value is -4.38. The number of esters is 1. The molecule has 3 rings (SSSR count). The normalized spacial score (nSPS) is 12.8. The van der Waals surface area contributed by atoms with Gasteiger partial charge in [0.2, 0.25) is 0 Å². The van der Waals surface area contributed by atoms with Crippen molar-refractivity contribution in [2.75, 3.05) is 12.5 Å². The first-order valence-electron chi connectivity index (χ1n) is 11.1. The van der Waals surface area contributed by atoms with Crippen LogP contribution in [0.1, 0.15) is 29.4 Å². The lowest BCUT2D eigenvalue weighted by Gasteiger charge is -2.25. The Bertz CT molecular complexity index is 1310. The molecule has 190 valence electrons. The number of hydrogen-bond donors (Lipinski definition) is 1. The molecule has 11 heteroatoms. The number of nitro groups is 2. The van der Waals surface area contributed by atoms with Crippen molar-refractivity contribution in [1.82, 2.24) is 0 Å². The van der Waals surface area contributed by atoms with Crippen molar-refractivity contribution >= 4 is 45.2 Å². The second kappa shape index (κ2) is 13.1. The van der Waals surface area contributed by atoms with Gasteiger partial charge in [0, 0.05) is 28.7 Å². The zero-order valence-electron chi connectivity index (χ0n) is 19.7. The van der Waals surface area contributed by atoms with Gasteiger partial charge < -0.3 is 4.74 Å². The summed E-state index contributed by atoms with van der Waals surface area (Å²) in [5.41, 5.74) is 3.76. The first-order chi connectivity index (χ1) is 17.8. The molecule has 3 aromatic rings. The van der Waals surface area contributed by atoms with Gasteiger partial charge in [0.05, 0.1) is 23.0 Å². The summed E-state index contributed by atoms with van der Waals surface area (Å²) in [6, 6.07) is 20.7. The number of anilines is 1. The van der Waals surface area contributed by atoms with Crippen LogP contribution in [0.15, 0.2) is 94.5 Å². The number of carbonyl (C=O) groups excluding carboxylic acids is 1. The molecule has 0 unspecified atom stereocenters. The van der Waals surface area contributed by atoms with Crippen LogP contribution in [0.3, 0.4) is 0 Å². The van der Waals surface area contributed by atoms with E-state index >= 15 is 0 Å². The number of nitrogens with zero attached hydrogens (tertiary/aromatic N) is 3. The van der Waals surface area contributed by atoms with Gasteiger partial charge in [-0.05, 0) is 41.7 Å². The summed E-state index contributed by atoms with van der Waals surface area (Å²) in [6.07, 6.45) is 5.16. The van der Waals surface area contributed by atoms with Crippen LogP contribution in [0.5, 0.6) is 0 Å². The third-order valence-corrected chi connectivity index (χ3v) is 6.11. The number of benzene rings is 3. The second-order valence-corrected chi connectivity index (χ2v) is 8.77. The lowest BCUT2D eigenvalue weighted by atomic mass is 9.79. The molecule has 0 heterocycles. The van der Waals surface area contributed by atoms with Crippen molar-refractivity contribution in [3.05, 3.63) is 121 Å². The summed E-state index contributed by atoms with van der Waals surface area (Å²) in [6.45, 7) is 0. The van der Waals surface area contributed by atoms with E-state index in [0.29, 0.717) is 6.42 Å². The minimum absolute atomic E-state index is 0.0261. The van der Waals surface area contributed by atoms with Crippen molar-refractivity contribution in [3.63, 3.8) is 0 Å².